The third kappa shape index (κ3) is 1.73. The minimum atomic E-state index is 0.522. The molecule has 0 aromatic heterocycles. The van der Waals surface area contributed by atoms with E-state index in [9.17, 15) is 0 Å². The van der Waals surface area contributed by atoms with Crippen LogP contribution in [0.2, 0.25) is 0 Å². The van der Waals surface area contributed by atoms with Crippen molar-refractivity contribution in [1.82, 2.24) is 0 Å². The molecule has 0 saturated heterocycles. The van der Waals surface area contributed by atoms with Gasteiger partial charge in [-0.2, -0.15) is 0 Å². The summed E-state index contributed by atoms with van der Waals surface area (Å²) in [5.41, 5.74) is 6.23. The summed E-state index contributed by atoms with van der Waals surface area (Å²) in [7, 11) is 0. The zero-order valence-electron chi connectivity index (χ0n) is 12.8. The highest BCUT2D eigenvalue weighted by atomic mass is 14.6. The Hall–Kier alpha value is -1.04. The maximum Gasteiger partial charge on any atom is -0.00330 e. The predicted molar refractivity (Wildman–Crippen MR) is 85.5 cm³/mol. The van der Waals surface area contributed by atoms with Crippen LogP contribution in [0.15, 0.2) is 35.9 Å². The van der Waals surface area contributed by atoms with Crippen molar-refractivity contribution >= 4 is 5.57 Å². The number of hydrogen-bond donors (Lipinski definition) is 0. The van der Waals surface area contributed by atoms with E-state index in [0.717, 1.165) is 0 Å². The standard InChI is InChI=1S/C20H26/c1-19-12-6-5-11-17(19)18(16-9-3-2-4-10-16)20(15-19)13-7-8-14-20/h2-4,9-10H,5-8,11-15H2,1H3. The van der Waals surface area contributed by atoms with Gasteiger partial charge in [-0.05, 0) is 60.5 Å². The van der Waals surface area contributed by atoms with E-state index in [1.165, 1.54) is 63.4 Å². The molecular formula is C20H26. The molecule has 0 heteroatoms. The summed E-state index contributed by atoms with van der Waals surface area (Å²) >= 11 is 0. The van der Waals surface area contributed by atoms with Gasteiger partial charge in [-0.3, -0.25) is 0 Å². The van der Waals surface area contributed by atoms with Gasteiger partial charge in [0, 0.05) is 0 Å². The van der Waals surface area contributed by atoms with Crippen LogP contribution in [0, 0.1) is 10.8 Å². The molecule has 2 fully saturated rings. The van der Waals surface area contributed by atoms with Gasteiger partial charge < -0.3 is 0 Å². The zero-order valence-corrected chi connectivity index (χ0v) is 12.8. The molecule has 1 aromatic carbocycles. The highest BCUT2D eigenvalue weighted by molar-refractivity contribution is 5.77. The van der Waals surface area contributed by atoms with Crippen LogP contribution >= 0.6 is 0 Å². The second kappa shape index (κ2) is 4.48. The number of rotatable bonds is 1. The van der Waals surface area contributed by atoms with Gasteiger partial charge in [0.05, 0.1) is 0 Å². The highest BCUT2D eigenvalue weighted by Gasteiger charge is 2.52. The van der Waals surface area contributed by atoms with Gasteiger partial charge in [-0.15, -0.1) is 0 Å². The van der Waals surface area contributed by atoms with Crippen molar-refractivity contribution in [2.24, 2.45) is 10.8 Å². The number of benzene rings is 1. The van der Waals surface area contributed by atoms with Gasteiger partial charge in [0.2, 0.25) is 0 Å². The molecule has 0 heterocycles. The first kappa shape index (κ1) is 12.7. The topological polar surface area (TPSA) is 0 Å². The molecule has 0 radical (unpaired) electrons. The third-order valence-corrected chi connectivity index (χ3v) is 6.32. The third-order valence-electron chi connectivity index (χ3n) is 6.32. The van der Waals surface area contributed by atoms with E-state index >= 15 is 0 Å². The molecule has 1 aromatic rings. The Bertz CT molecular complexity index is 530. The Kier molecular flexibility index (Phi) is 2.84. The fraction of sp³-hybridized carbons (Fsp3) is 0.600. The predicted octanol–water partition coefficient (Wildman–Crippen LogP) is 5.98. The van der Waals surface area contributed by atoms with Crippen LogP contribution < -0.4 is 0 Å². The number of allylic oxidation sites excluding steroid dienone is 2. The summed E-state index contributed by atoms with van der Waals surface area (Å²) in [4.78, 5) is 0. The molecule has 0 aliphatic heterocycles. The SMILES string of the molecule is CC12CCCCC1=C(c1ccccc1)C1(CCCC1)C2. The van der Waals surface area contributed by atoms with Gasteiger partial charge in [-0.25, -0.2) is 0 Å². The van der Waals surface area contributed by atoms with Crippen molar-refractivity contribution in [1.29, 1.82) is 0 Å². The van der Waals surface area contributed by atoms with E-state index in [1.807, 2.05) is 5.57 Å². The normalized spacial score (nSPS) is 31.9. The van der Waals surface area contributed by atoms with Gasteiger partial charge in [-0.1, -0.05) is 62.1 Å². The Morgan fingerprint density at radius 2 is 1.55 bits per heavy atom. The first-order chi connectivity index (χ1) is 9.74. The van der Waals surface area contributed by atoms with E-state index in [0.29, 0.717) is 10.8 Å². The van der Waals surface area contributed by atoms with Crippen LogP contribution in [0.5, 0.6) is 0 Å². The number of hydrogen-bond acceptors (Lipinski definition) is 0. The molecular weight excluding hydrogens is 240 g/mol. The smallest absolute Gasteiger partial charge is 0.00330 e. The Morgan fingerprint density at radius 3 is 2.30 bits per heavy atom. The highest BCUT2D eigenvalue weighted by Crippen LogP contribution is 2.66. The number of fused-ring (bicyclic) bond motifs is 1. The van der Waals surface area contributed by atoms with Crippen molar-refractivity contribution in [3.05, 3.63) is 41.5 Å². The molecule has 3 aliphatic carbocycles. The van der Waals surface area contributed by atoms with Crippen molar-refractivity contribution in [3.8, 4) is 0 Å². The van der Waals surface area contributed by atoms with Crippen molar-refractivity contribution < 1.29 is 0 Å². The molecule has 4 rings (SSSR count). The second-order valence-corrected chi connectivity index (χ2v) is 7.65. The molecule has 0 amide bonds. The minimum absolute atomic E-state index is 0.522. The molecule has 3 aliphatic rings. The lowest BCUT2D eigenvalue weighted by atomic mass is 9.70. The monoisotopic (exact) mass is 266 g/mol. The molecule has 0 nitrogen and oxygen atoms in total. The van der Waals surface area contributed by atoms with Crippen LogP contribution in [0.4, 0.5) is 0 Å². The average Bonchev–Trinajstić information content (AvgIpc) is 3.01. The summed E-state index contributed by atoms with van der Waals surface area (Å²) in [5, 5.41) is 0. The Labute approximate surface area is 123 Å². The summed E-state index contributed by atoms with van der Waals surface area (Å²) in [6.45, 7) is 2.57. The van der Waals surface area contributed by atoms with E-state index in [-0.39, 0.29) is 0 Å². The van der Waals surface area contributed by atoms with Crippen LogP contribution in [0.25, 0.3) is 5.57 Å². The van der Waals surface area contributed by atoms with Crippen LogP contribution in [0.3, 0.4) is 0 Å². The summed E-state index contributed by atoms with van der Waals surface area (Å²) < 4.78 is 0. The zero-order chi connectivity index (χ0) is 13.6. The van der Waals surface area contributed by atoms with Crippen molar-refractivity contribution in [2.45, 2.75) is 64.7 Å². The molecule has 1 atom stereocenters. The van der Waals surface area contributed by atoms with E-state index in [4.69, 9.17) is 0 Å². The molecule has 20 heavy (non-hydrogen) atoms. The fourth-order valence-corrected chi connectivity index (χ4v) is 5.61. The molecule has 2 saturated carbocycles. The molecule has 1 unspecified atom stereocenters. The molecule has 1 spiro atoms. The average molecular weight is 266 g/mol. The lowest BCUT2D eigenvalue weighted by Crippen LogP contribution is -2.23. The lowest BCUT2D eigenvalue weighted by Gasteiger charge is -2.34. The van der Waals surface area contributed by atoms with Crippen LogP contribution in [0.1, 0.15) is 70.3 Å². The summed E-state index contributed by atoms with van der Waals surface area (Å²) in [5.74, 6) is 0. The van der Waals surface area contributed by atoms with Gasteiger partial charge in [0.15, 0.2) is 0 Å². The van der Waals surface area contributed by atoms with Crippen molar-refractivity contribution in [3.63, 3.8) is 0 Å². The molecule has 0 N–H and O–H groups in total. The first-order valence-electron chi connectivity index (χ1n) is 8.53. The van der Waals surface area contributed by atoms with E-state index in [2.05, 4.69) is 37.3 Å². The quantitative estimate of drug-likeness (QED) is 0.586. The summed E-state index contributed by atoms with van der Waals surface area (Å²) in [6.07, 6.45) is 12.9. The van der Waals surface area contributed by atoms with Gasteiger partial charge in [0.1, 0.15) is 0 Å². The van der Waals surface area contributed by atoms with Crippen LogP contribution in [-0.4, -0.2) is 0 Å². The second-order valence-electron chi connectivity index (χ2n) is 7.65. The molecule has 0 bridgehead atoms. The lowest BCUT2D eigenvalue weighted by molar-refractivity contribution is 0.230. The van der Waals surface area contributed by atoms with E-state index < -0.39 is 0 Å². The van der Waals surface area contributed by atoms with Gasteiger partial charge >= 0.3 is 0 Å². The summed E-state index contributed by atoms with van der Waals surface area (Å²) in [6, 6.07) is 11.3. The largest absolute Gasteiger partial charge is 0.0622 e. The first-order valence-corrected chi connectivity index (χ1v) is 8.53. The van der Waals surface area contributed by atoms with Crippen LogP contribution in [-0.2, 0) is 0 Å². The maximum absolute atomic E-state index is 2.57. The van der Waals surface area contributed by atoms with Gasteiger partial charge in [0.25, 0.3) is 0 Å². The molecule has 106 valence electrons. The van der Waals surface area contributed by atoms with Crippen molar-refractivity contribution in [2.75, 3.05) is 0 Å². The Morgan fingerprint density at radius 1 is 0.850 bits per heavy atom. The van der Waals surface area contributed by atoms with E-state index in [1.54, 1.807) is 5.57 Å². The maximum atomic E-state index is 2.57. The Balaban J connectivity index is 1.90. The minimum Gasteiger partial charge on any atom is -0.0622 e. The fourth-order valence-electron chi connectivity index (χ4n) is 5.61.